The van der Waals surface area contributed by atoms with Crippen LogP contribution in [0.3, 0.4) is 0 Å². The summed E-state index contributed by atoms with van der Waals surface area (Å²) in [6.45, 7) is 0. The second-order valence-corrected chi connectivity index (χ2v) is 3.47. The van der Waals surface area contributed by atoms with Crippen LogP contribution < -0.4 is 5.73 Å². The summed E-state index contributed by atoms with van der Waals surface area (Å²) in [5, 5.41) is 0. The molecule has 1 aromatic carbocycles. The average molecular weight is 227 g/mol. The predicted molar refractivity (Wildman–Crippen MR) is 56.4 cm³/mol. The van der Waals surface area contributed by atoms with E-state index in [-0.39, 0.29) is 6.04 Å². The Hall–Kier alpha value is -1.47. The number of terminal acetylenes is 1. The summed E-state index contributed by atoms with van der Waals surface area (Å²) in [5.41, 5.74) is 5.77. The van der Waals surface area contributed by atoms with Gasteiger partial charge in [0.1, 0.15) is 0 Å². The second-order valence-electron chi connectivity index (χ2n) is 3.47. The number of hydrogen-bond donors (Lipinski definition) is 1. The van der Waals surface area contributed by atoms with Gasteiger partial charge in [-0.3, -0.25) is 0 Å². The summed E-state index contributed by atoms with van der Waals surface area (Å²) in [6, 6.07) is 4.54. The van der Waals surface area contributed by atoms with Crippen LogP contribution >= 0.6 is 0 Å². The Morgan fingerprint density at radius 1 is 1.25 bits per heavy atom. The molecule has 0 saturated heterocycles. The minimum atomic E-state index is -4.30. The third-order valence-electron chi connectivity index (χ3n) is 2.27. The van der Waals surface area contributed by atoms with Crippen LogP contribution in [0.25, 0.3) is 0 Å². The molecule has 1 rings (SSSR count). The first-order valence-electron chi connectivity index (χ1n) is 4.81. The maximum Gasteiger partial charge on any atom is 0.416 e. The lowest BCUT2D eigenvalue weighted by Crippen LogP contribution is -2.11. The number of alkyl halides is 3. The molecular weight excluding hydrogens is 215 g/mol. The fourth-order valence-electron chi connectivity index (χ4n) is 1.32. The van der Waals surface area contributed by atoms with Crippen molar-refractivity contribution in [3.63, 3.8) is 0 Å². The molecule has 0 radical (unpaired) electrons. The molecule has 0 aromatic heterocycles. The highest BCUT2D eigenvalue weighted by atomic mass is 19.4. The Balaban J connectivity index is 2.76. The van der Waals surface area contributed by atoms with Gasteiger partial charge in [-0.1, -0.05) is 12.1 Å². The van der Waals surface area contributed by atoms with Crippen molar-refractivity contribution >= 4 is 0 Å². The summed E-state index contributed by atoms with van der Waals surface area (Å²) in [7, 11) is 0. The van der Waals surface area contributed by atoms with Crippen molar-refractivity contribution in [2.75, 3.05) is 0 Å². The van der Waals surface area contributed by atoms with Crippen molar-refractivity contribution in [2.24, 2.45) is 5.73 Å². The van der Waals surface area contributed by atoms with Crippen molar-refractivity contribution in [1.82, 2.24) is 0 Å². The molecule has 0 bridgehead atoms. The minimum absolute atomic E-state index is 0.307. The zero-order valence-corrected chi connectivity index (χ0v) is 8.59. The number of halogens is 3. The predicted octanol–water partition coefficient (Wildman–Crippen LogP) is 3.12. The average Bonchev–Trinajstić information content (AvgIpc) is 2.25. The Morgan fingerprint density at radius 3 is 2.25 bits per heavy atom. The largest absolute Gasteiger partial charge is 0.416 e. The summed E-state index contributed by atoms with van der Waals surface area (Å²) >= 11 is 0. The van der Waals surface area contributed by atoms with Crippen molar-refractivity contribution in [3.8, 4) is 12.3 Å². The summed E-state index contributed by atoms with van der Waals surface area (Å²) in [6.07, 6.45) is 1.87. The fourth-order valence-corrected chi connectivity index (χ4v) is 1.32. The SMILES string of the molecule is C#CCCC(N)c1ccc(C(F)(F)F)cc1. The third-order valence-corrected chi connectivity index (χ3v) is 2.27. The molecule has 1 unspecified atom stereocenters. The van der Waals surface area contributed by atoms with Gasteiger partial charge in [0.05, 0.1) is 5.56 Å². The fraction of sp³-hybridized carbons (Fsp3) is 0.333. The number of benzene rings is 1. The van der Waals surface area contributed by atoms with Crippen LogP contribution in [0.15, 0.2) is 24.3 Å². The van der Waals surface area contributed by atoms with E-state index in [9.17, 15) is 13.2 Å². The van der Waals surface area contributed by atoms with Crippen molar-refractivity contribution < 1.29 is 13.2 Å². The van der Waals surface area contributed by atoms with Crippen LogP contribution in [-0.2, 0) is 6.18 Å². The molecule has 2 N–H and O–H groups in total. The molecule has 0 aliphatic heterocycles. The van der Waals surface area contributed by atoms with Gasteiger partial charge < -0.3 is 5.73 Å². The van der Waals surface area contributed by atoms with Gasteiger partial charge >= 0.3 is 6.18 Å². The van der Waals surface area contributed by atoms with Crippen molar-refractivity contribution in [3.05, 3.63) is 35.4 Å². The molecule has 0 spiro atoms. The first kappa shape index (κ1) is 12.6. The highest BCUT2D eigenvalue weighted by Gasteiger charge is 2.30. The number of nitrogens with two attached hydrogens (primary N) is 1. The van der Waals surface area contributed by atoms with Gasteiger partial charge in [0, 0.05) is 12.5 Å². The van der Waals surface area contributed by atoms with E-state index in [4.69, 9.17) is 12.2 Å². The Morgan fingerprint density at radius 2 is 1.81 bits per heavy atom. The van der Waals surface area contributed by atoms with Crippen LogP contribution in [0.1, 0.15) is 30.0 Å². The number of rotatable bonds is 3. The Bertz CT molecular complexity index is 373. The van der Waals surface area contributed by atoms with Gasteiger partial charge in [0.2, 0.25) is 0 Å². The van der Waals surface area contributed by atoms with E-state index in [2.05, 4.69) is 5.92 Å². The molecule has 0 aliphatic rings. The quantitative estimate of drug-likeness (QED) is 0.789. The first-order chi connectivity index (χ1) is 7.45. The molecule has 0 amide bonds. The maximum atomic E-state index is 12.3. The van der Waals surface area contributed by atoms with Crippen molar-refractivity contribution in [1.29, 1.82) is 0 Å². The normalized spacial score (nSPS) is 13.2. The lowest BCUT2D eigenvalue weighted by atomic mass is 10.0. The van der Waals surface area contributed by atoms with E-state index in [0.29, 0.717) is 18.4 Å². The van der Waals surface area contributed by atoms with Gasteiger partial charge in [-0.2, -0.15) is 13.2 Å². The van der Waals surface area contributed by atoms with Crippen LogP contribution in [0.4, 0.5) is 13.2 Å². The topological polar surface area (TPSA) is 26.0 Å². The van der Waals surface area contributed by atoms with Gasteiger partial charge in [-0.15, -0.1) is 12.3 Å². The van der Waals surface area contributed by atoms with E-state index in [1.807, 2.05) is 0 Å². The van der Waals surface area contributed by atoms with E-state index < -0.39 is 11.7 Å². The zero-order chi connectivity index (χ0) is 12.2. The molecular formula is C12H12F3N. The summed E-state index contributed by atoms with van der Waals surface area (Å²) < 4.78 is 36.8. The van der Waals surface area contributed by atoms with Crippen LogP contribution in [0, 0.1) is 12.3 Å². The summed E-state index contributed by atoms with van der Waals surface area (Å²) in [5.74, 6) is 2.44. The highest BCUT2D eigenvalue weighted by molar-refractivity contribution is 5.26. The van der Waals surface area contributed by atoms with Gasteiger partial charge in [0.15, 0.2) is 0 Å². The standard InChI is InChI=1S/C12H12F3N/c1-2-3-4-11(16)9-5-7-10(8-6-9)12(13,14)15/h1,5-8,11H,3-4,16H2. The lowest BCUT2D eigenvalue weighted by molar-refractivity contribution is -0.137. The molecule has 0 heterocycles. The smallest absolute Gasteiger partial charge is 0.324 e. The van der Waals surface area contributed by atoms with E-state index >= 15 is 0 Å². The van der Waals surface area contributed by atoms with Gasteiger partial charge in [-0.25, -0.2) is 0 Å². The zero-order valence-electron chi connectivity index (χ0n) is 8.59. The number of hydrogen-bond acceptors (Lipinski definition) is 1. The van der Waals surface area contributed by atoms with E-state index in [1.54, 1.807) is 0 Å². The maximum absolute atomic E-state index is 12.3. The summed E-state index contributed by atoms with van der Waals surface area (Å²) in [4.78, 5) is 0. The Labute approximate surface area is 92.5 Å². The minimum Gasteiger partial charge on any atom is -0.324 e. The molecule has 1 aromatic rings. The van der Waals surface area contributed by atoms with Crippen LogP contribution in [0.2, 0.25) is 0 Å². The Kier molecular flexibility index (Phi) is 3.97. The molecule has 1 atom stereocenters. The van der Waals surface area contributed by atoms with Gasteiger partial charge in [0.25, 0.3) is 0 Å². The monoisotopic (exact) mass is 227 g/mol. The third kappa shape index (κ3) is 3.28. The molecule has 16 heavy (non-hydrogen) atoms. The molecule has 0 fully saturated rings. The highest BCUT2D eigenvalue weighted by Crippen LogP contribution is 2.30. The molecule has 4 heteroatoms. The van der Waals surface area contributed by atoms with E-state index in [0.717, 1.165) is 12.1 Å². The first-order valence-corrected chi connectivity index (χ1v) is 4.81. The molecule has 1 nitrogen and oxygen atoms in total. The van der Waals surface area contributed by atoms with Crippen LogP contribution in [0.5, 0.6) is 0 Å². The molecule has 86 valence electrons. The second kappa shape index (κ2) is 5.04. The molecule has 0 saturated carbocycles. The van der Waals surface area contributed by atoms with E-state index in [1.165, 1.54) is 12.1 Å². The van der Waals surface area contributed by atoms with Gasteiger partial charge in [-0.05, 0) is 24.1 Å². The van der Waals surface area contributed by atoms with Crippen molar-refractivity contribution in [2.45, 2.75) is 25.1 Å². The molecule has 0 aliphatic carbocycles. The van der Waals surface area contributed by atoms with Crippen LogP contribution in [-0.4, -0.2) is 0 Å². The lowest BCUT2D eigenvalue weighted by Gasteiger charge is -2.12.